The highest BCUT2D eigenvalue weighted by atomic mass is 32.1. The van der Waals surface area contributed by atoms with E-state index < -0.39 is 0 Å². The Morgan fingerprint density at radius 3 is 3.17 bits per heavy atom. The van der Waals surface area contributed by atoms with Crippen molar-refractivity contribution in [2.24, 2.45) is 10.7 Å². The molecular formula is C17H20N4O2S. The molecule has 126 valence electrons. The number of ether oxygens (including phenoxy) is 1. The molecule has 2 heterocycles. The fourth-order valence-electron chi connectivity index (χ4n) is 2.59. The van der Waals surface area contributed by atoms with Crippen LogP contribution in [0.2, 0.25) is 0 Å². The summed E-state index contributed by atoms with van der Waals surface area (Å²) in [7, 11) is 0. The molecule has 0 bridgehead atoms. The first-order valence-electron chi connectivity index (χ1n) is 7.92. The van der Waals surface area contributed by atoms with Crippen LogP contribution >= 0.6 is 12.6 Å². The van der Waals surface area contributed by atoms with Gasteiger partial charge in [-0.2, -0.15) is 5.10 Å². The Labute approximate surface area is 145 Å². The molecule has 1 aliphatic heterocycles. The predicted octanol–water partition coefficient (Wildman–Crippen LogP) is 2.13. The molecule has 1 aromatic carbocycles. The molecular weight excluding hydrogens is 324 g/mol. The summed E-state index contributed by atoms with van der Waals surface area (Å²) in [5, 5.41) is 5.53. The van der Waals surface area contributed by atoms with Crippen LogP contribution in [0, 0.1) is 0 Å². The normalized spacial score (nSPS) is 19.2. The monoisotopic (exact) mass is 344 g/mol. The van der Waals surface area contributed by atoms with Gasteiger partial charge < -0.3 is 10.5 Å². The Kier molecular flexibility index (Phi) is 5.32. The standard InChI is InChI=1S/C17H20N4O2S/c18-13(6-7-19-16-3-1-2-8-23-16)11-21-17(22)15-5-4-14(24)9-12(15)10-20-21/h4-7,9-10,16,24H,1-3,8,11,18H2/b13-6-,19-7+. The van der Waals surface area contributed by atoms with E-state index in [9.17, 15) is 4.79 Å². The second-order valence-corrected chi connectivity index (χ2v) is 6.26. The molecule has 1 fully saturated rings. The largest absolute Gasteiger partial charge is 0.400 e. The quantitative estimate of drug-likeness (QED) is 0.657. The van der Waals surface area contributed by atoms with Crippen molar-refractivity contribution in [3.05, 3.63) is 46.5 Å². The number of hydrogen-bond donors (Lipinski definition) is 2. The maximum Gasteiger partial charge on any atom is 0.274 e. The molecule has 1 aromatic heterocycles. The predicted molar refractivity (Wildman–Crippen MR) is 97.6 cm³/mol. The number of fused-ring (bicyclic) bond motifs is 1. The van der Waals surface area contributed by atoms with Crippen molar-refractivity contribution in [3.63, 3.8) is 0 Å². The molecule has 0 radical (unpaired) electrons. The Hall–Kier alpha value is -2.12. The number of rotatable bonds is 4. The zero-order valence-electron chi connectivity index (χ0n) is 13.3. The number of allylic oxidation sites excluding steroid dienone is 2. The first kappa shape index (κ1) is 16.7. The smallest absolute Gasteiger partial charge is 0.274 e. The number of aliphatic imine (C=N–C) groups is 1. The second-order valence-electron chi connectivity index (χ2n) is 5.74. The summed E-state index contributed by atoms with van der Waals surface area (Å²) in [5.41, 5.74) is 6.31. The number of benzene rings is 1. The van der Waals surface area contributed by atoms with Gasteiger partial charge in [0.2, 0.25) is 0 Å². The summed E-state index contributed by atoms with van der Waals surface area (Å²) in [6, 6.07) is 5.35. The summed E-state index contributed by atoms with van der Waals surface area (Å²) in [6.07, 6.45) is 8.05. The van der Waals surface area contributed by atoms with Crippen LogP contribution in [0.3, 0.4) is 0 Å². The lowest BCUT2D eigenvalue weighted by molar-refractivity contribution is 0.0227. The van der Waals surface area contributed by atoms with Crippen LogP contribution in [-0.2, 0) is 11.3 Å². The number of nitrogens with two attached hydrogens (primary N) is 1. The number of hydrogen-bond acceptors (Lipinski definition) is 6. The van der Waals surface area contributed by atoms with E-state index in [1.165, 1.54) is 4.68 Å². The Balaban J connectivity index is 1.72. The molecule has 2 N–H and O–H groups in total. The first-order chi connectivity index (χ1) is 11.6. The van der Waals surface area contributed by atoms with Gasteiger partial charge in [0.1, 0.15) is 6.23 Å². The van der Waals surface area contributed by atoms with Gasteiger partial charge in [-0.1, -0.05) is 0 Å². The van der Waals surface area contributed by atoms with Crippen molar-refractivity contribution in [1.29, 1.82) is 0 Å². The van der Waals surface area contributed by atoms with Gasteiger partial charge in [-0.05, 0) is 43.5 Å². The molecule has 1 saturated heterocycles. The molecule has 2 aromatic rings. The average molecular weight is 344 g/mol. The van der Waals surface area contributed by atoms with Crippen LogP contribution in [0.25, 0.3) is 10.8 Å². The highest BCUT2D eigenvalue weighted by molar-refractivity contribution is 7.80. The molecule has 0 aliphatic carbocycles. The molecule has 24 heavy (non-hydrogen) atoms. The van der Waals surface area contributed by atoms with Crippen LogP contribution in [0.1, 0.15) is 19.3 Å². The Morgan fingerprint density at radius 1 is 1.50 bits per heavy atom. The van der Waals surface area contributed by atoms with Crippen LogP contribution in [0.15, 0.2) is 50.9 Å². The zero-order valence-corrected chi connectivity index (χ0v) is 14.2. The van der Waals surface area contributed by atoms with Crippen molar-refractivity contribution < 1.29 is 4.74 Å². The van der Waals surface area contributed by atoms with Gasteiger partial charge in [-0.3, -0.25) is 9.79 Å². The highest BCUT2D eigenvalue weighted by Gasteiger charge is 2.10. The molecule has 7 heteroatoms. The summed E-state index contributed by atoms with van der Waals surface area (Å²) in [5.74, 6) is 0. The molecule has 3 rings (SSSR count). The van der Waals surface area contributed by atoms with Gasteiger partial charge >= 0.3 is 0 Å². The number of aromatic nitrogens is 2. The van der Waals surface area contributed by atoms with Crippen molar-refractivity contribution in [3.8, 4) is 0 Å². The lowest BCUT2D eigenvalue weighted by atomic mass is 10.2. The van der Waals surface area contributed by atoms with Crippen LogP contribution < -0.4 is 11.3 Å². The van der Waals surface area contributed by atoms with Gasteiger partial charge in [-0.15, -0.1) is 12.6 Å². The fraction of sp³-hybridized carbons (Fsp3) is 0.353. The van der Waals surface area contributed by atoms with E-state index >= 15 is 0 Å². The molecule has 6 nitrogen and oxygen atoms in total. The van der Waals surface area contributed by atoms with Crippen molar-refractivity contribution in [1.82, 2.24) is 9.78 Å². The fourth-order valence-corrected chi connectivity index (χ4v) is 2.80. The van der Waals surface area contributed by atoms with E-state index in [0.29, 0.717) is 11.1 Å². The van der Waals surface area contributed by atoms with Gasteiger partial charge in [-0.25, -0.2) is 4.68 Å². The third kappa shape index (κ3) is 4.04. The van der Waals surface area contributed by atoms with E-state index in [-0.39, 0.29) is 18.3 Å². The number of thiol groups is 1. The SMILES string of the molecule is N/C(=C\C=N\C1CCCCO1)Cn1ncc2cc(S)ccc2c1=O. The Bertz CT molecular complexity index is 838. The van der Waals surface area contributed by atoms with Crippen molar-refractivity contribution in [2.45, 2.75) is 36.9 Å². The lowest BCUT2D eigenvalue weighted by Crippen LogP contribution is -2.25. The molecule has 0 amide bonds. The summed E-state index contributed by atoms with van der Waals surface area (Å²) >= 11 is 4.27. The minimum Gasteiger partial charge on any atom is -0.400 e. The first-order valence-corrected chi connectivity index (χ1v) is 8.36. The van der Waals surface area contributed by atoms with Gasteiger partial charge in [0.25, 0.3) is 5.56 Å². The molecule has 0 saturated carbocycles. The maximum atomic E-state index is 12.4. The van der Waals surface area contributed by atoms with Crippen molar-refractivity contribution in [2.75, 3.05) is 6.61 Å². The summed E-state index contributed by atoms with van der Waals surface area (Å²) in [6.45, 7) is 0.973. The molecule has 1 unspecified atom stereocenters. The lowest BCUT2D eigenvalue weighted by Gasteiger charge is -2.18. The van der Waals surface area contributed by atoms with E-state index in [4.69, 9.17) is 10.5 Å². The minimum atomic E-state index is -0.176. The third-order valence-electron chi connectivity index (χ3n) is 3.87. The second kappa shape index (κ2) is 7.63. The van der Waals surface area contributed by atoms with Crippen LogP contribution in [-0.4, -0.2) is 28.8 Å². The molecule has 0 spiro atoms. The molecule has 1 aliphatic rings. The van der Waals surface area contributed by atoms with E-state index in [1.54, 1.807) is 30.6 Å². The van der Waals surface area contributed by atoms with Gasteiger partial charge in [0.05, 0.1) is 18.1 Å². The summed E-state index contributed by atoms with van der Waals surface area (Å²) < 4.78 is 6.86. The Morgan fingerprint density at radius 2 is 2.38 bits per heavy atom. The molecule has 1 atom stereocenters. The van der Waals surface area contributed by atoms with E-state index in [2.05, 4.69) is 22.7 Å². The number of nitrogens with zero attached hydrogens (tertiary/aromatic N) is 3. The topological polar surface area (TPSA) is 82.5 Å². The van der Waals surface area contributed by atoms with Crippen molar-refractivity contribution >= 4 is 29.6 Å². The average Bonchev–Trinajstić information content (AvgIpc) is 2.58. The van der Waals surface area contributed by atoms with E-state index in [1.807, 2.05) is 6.07 Å². The highest BCUT2D eigenvalue weighted by Crippen LogP contribution is 2.14. The van der Waals surface area contributed by atoms with E-state index in [0.717, 1.165) is 36.2 Å². The minimum absolute atomic E-state index is 0.0836. The van der Waals surface area contributed by atoms with Gasteiger partial charge in [0, 0.05) is 28.8 Å². The third-order valence-corrected chi connectivity index (χ3v) is 4.14. The zero-order chi connectivity index (χ0) is 16.9. The van der Waals surface area contributed by atoms with Crippen LogP contribution in [0.4, 0.5) is 0 Å². The maximum absolute atomic E-state index is 12.4. The van der Waals surface area contributed by atoms with Crippen LogP contribution in [0.5, 0.6) is 0 Å². The summed E-state index contributed by atoms with van der Waals surface area (Å²) in [4.78, 5) is 17.6. The van der Waals surface area contributed by atoms with Gasteiger partial charge in [0.15, 0.2) is 0 Å².